The van der Waals surface area contributed by atoms with E-state index in [2.05, 4.69) is 53.2 Å². The van der Waals surface area contributed by atoms with E-state index in [-0.39, 0.29) is 6.04 Å². The first-order valence-corrected chi connectivity index (χ1v) is 8.41. The van der Waals surface area contributed by atoms with E-state index in [1.165, 1.54) is 11.3 Å². The van der Waals surface area contributed by atoms with Gasteiger partial charge in [0.15, 0.2) is 0 Å². The van der Waals surface area contributed by atoms with Crippen LogP contribution in [-0.4, -0.2) is 16.3 Å². The van der Waals surface area contributed by atoms with E-state index in [1.807, 2.05) is 11.7 Å². The third kappa shape index (κ3) is 3.40. The predicted octanol–water partition coefficient (Wildman–Crippen LogP) is 3.79. The lowest BCUT2D eigenvalue weighted by Crippen LogP contribution is -2.24. The molecule has 1 unspecified atom stereocenters. The molecule has 1 atom stereocenters. The zero-order valence-electron chi connectivity index (χ0n) is 13.2. The number of aromatic nitrogens is 2. The van der Waals surface area contributed by atoms with Crippen LogP contribution >= 0.6 is 15.9 Å². The van der Waals surface area contributed by atoms with Crippen LogP contribution in [0, 0.1) is 0 Å². The second kappa shape index (κ2) is 7.27. The molecule has 5 heteroatoms. The molecule has 2 rings (SSSR count). The number of aryl methyl sites for hydroxylation is 3. The summed E-state index contributed by atoms with van der Waals surface area (Å²) in [6.07, 6.45) is 4.53. The molecular weight excluding hydrogens is 330 g/mol. The third-order valence-corrected chi connectivity index (χ3v) is 4.74. The maximum Gasteiger partial charge on any atom is 0.108 e. The summed E-state index contributed by atoms with van der Waals surface area (Å²) in [6, 6.07) is 2.33. The van der Waals surface area contributed by atoms with E-state index in [0.29, 0.717) is 0 Å². The Hall–Kier alpha value is -1.07. The van der Waals surface area contributed by atoms with Gasteiger partial charge < -0.3 is 9.73 Å². The number of hydrogen-bond donors (Lipinski definition) is 1. The van der Waals surface area contributed by atoms with Gasteiger partial charge in [0.2, 0.25) is 0 Å². The predicted molar refractivity (Wildman–Crippen MR) is 88.5 cm³/mol. The number of nitrogens with zero attached hydrogens (tertiary/aromatic N) is 2. The fraction of sp³-hybridized carbons (Fsp3) is 0.562. The molecular formula is C16H24BrN3O. The molecule has 0 amide bonds. The Morgan fingerprint density at radius 1 is 1.33 bits per heavy atom. The molecule has 4 nitrogen and oxygen atoms in total. The van der Waals surface area contributed by atoms with Gasteiger partial charge in [-0.15, -0.1) is 0 Å². The molecule has 0 saturated heterocycles. The highest BCUT2D eigenvalue weighted by Crippen LogP contribution is 2.28. The van der Waals surface area contributed by atoms with E-state index in [4.69, 9.17) is 4.42 Å². The molecule has 0 spiro atoms. The third-order valence-electron chi connectivity index (χ3n) is 3.83. The van der Waals surface area contributed by atoms with Crippen molar-refractivity contribution in [1.82, 2.24) is 15.1 Å². The molecule has 0 radical (unpaired) electrons. The van der Waals surface area contributed by atoms with Crippen molar-refractivity contribution in [3.05, 3.63) is 39.5 Å². The van der Waals surface area contributed by atoms with Crippen molar-refractivity contribution in [3.8, 4) is 0 Å². The molecule has 0 bridgehead atoms. The normalized spacial score (nSPS) is 12.8. The summed E-state index contributed by atoms with van der Waals surface area (Å²) < 4.78 is 8.71. The van der Waals surface area contributed by atoms with Gasteiger partial charge in [0.05, 0.1) is 22.1 Å². The SMILES string of the molecule is CCNC(Cc1c(Br)c(CC)nn1C)c1ccoc1CC. The highest BCUT2D eigenvalue weighted by molar-refractivity contribution is 9.10. The van der Waals surface area contributed by atoms with Crippen molar-refractivity contribution in [2.45, 2.75) is 46.1 Å². The van der Waals surface area contributed by atoms with Crippen LogP contribution in [0.25, 0.3) is 0 Å². The Balaban J connectivity index is 2.31. The Morgan fingerprint density at radius 2 is 2.10 bits per heavy atom. The molecule has 0 aliphatic rings. The maximum absolute atomic E-state index is 5.59. The number of halogens is 1. The van der Waals surface area contributed by atoms with Gasteiger partial charge in [-0.2, -0.15) is 5.10 Å². The largest absolute Gasteiger partial charge is 0.469 e. The summed E-state index contributed by atoms with van der Waals surface area (Å²) in [6.45, 7) is 7.31. The van der Waals surface area contributed by atoms with Gasteiger partial charge in [-0.1, -0.05) is 20.8 Å². The monoisotopic (exact) mass is 353 g/mol. The van der Waals surface area contributed by atoms with Crippen LogP contribution in [-0.2, 0) is 26.3 Å². The zero-order valence-corrected chi connectivity index (χ0v) is 14.8. The minimum atomic E-state index is 0.250. The van der Waals surface area contributed by atoms with Crippen LogP contribution in [0.2, 0.25) is 0 Å². The number of likely N-dealkylation sites (N-methyl/N-ethyl adjacent to an activating group) is 1. The fourth-order valence-corrected chi connectivity index (χ4v) is 3.50. The maximum atomic E-state index is 5.59. The quantitative estimate of drug-likeness (QED) is 0.823. The Kier molecular flexibility index (Phi) is 5.65. The first kappa shape index (κ1) is 16.3. The van der Waals surface area contributed by atoms with Gasteiger partial charge in [0.1, 0.15) is 5.76 Å². The van der Waals surface area contributed by atoms with E-state index in [1.54, 1.807) is 6.26 Å². The number of furan rings is 1. The Bertz CT molecular complexity index is 588. The van der Waals surface area contributed by atoms with Crippen molar-refractivity contribution in [2.24, 2.45) is 7.05 Å². The Labute approximate surface area is 135 Å². The summed E-state index contributed by atoms with van der Waals surface area (Å²) in [5, 5.41) is 8.15. The molecule has 0 aliphatic heterocycles. The molecule has 0 aliphatic carbocycles. The molecule has 116 valence electrons. The first-order valence-electron chi connectivity index (χ1n) is 7.62. The van der Waals surface area contributed by atoms with Crippen LogP contribution < -0.4 is 5.32 Å². The highest BCUT2D eigenvalue weighted by Gasteiger charge is 2.21. The van der Waals surface area contributed by atoms with E-state index < -0.39 is 0 Å². The summed E-state index contributed by atoms with van der Waals surface area (Å²) in [5.41, 5.74) is 3.59. The zero-order chi connectivity index (χ0) is 15.4. The Morgan fingerprint density at radius 3 is 2.67 bits per heavy atom. The molecule has 2 aromatic heterocycles. The number of rotatable bonds is 7. The van der Waals surface area contributed by atoms with Gasteiger partial charge in [0.25, 0.3) is 0 Å². The lowest BCUT2D eigenvalue weighted by atomic mass is 10.0. The van der Waals surface area contributed by atoms with Crippen molar-refractivity contribution in [3.63, 3.8) is 0 Å². The molecule has 0 saturated carbocycles. The second-order valence-electron chi connectivity index (χ2n) is 5.15. The smallest absolute Gasteiger partial charge is 0.108 e. The number of nitrogens with one attached hydrogen (secondary N) is 1. The standard InChI is InChI=1S/C16H24BrN3O/c1-5-12-16(17)14(20(4)19-12)10-13(18-7-3)11-8-9-21-15(11)6-2/h8-9,13,18H,5-7,10H2,1-4H3. The molecule has 2 aromatic rings. The van der Waals surface area contributed by atoms with Crippen LogP contribution in [0.4, 0.5) is 0 Å². The van der Waals surface area contributed by atoms with Gasteiger partial charge in [0, 0.05) is 31.5 Å². The highest BCUT2D eigenvalue weighted by atomic mass is 79.9. The summed E-state index contributed by atoms with van der Waals surface area (Å²) >= 11 is 3.71. The van der Waals surface area contributed by atoms with Gasteiger partial charge >= 0.3 is 0 Å². The average molecular weight is 354 g/mol. The topological polar surface area (TPSA) is 43.0 Å². The van der Waals surface area contributed by atoms with E-state index >= 15 is 0 Å². The van der Waals surface area contributed by atoms with E-state index in [9.17, 15) is 0 Å². The molecule has 0 aromatic carbocycles. The lowest BCUT2D eigenvalue weighted by Gasteiger charge is -2.18. The van der Waals surface area contributed by atoms with Gasteiger partial charge in [-0.05, 0) is 35.0 Å². The molecule has 21 heavy (non-hydrogen) atoms. The first-order chi connectivity index (χ1) is 10.1. The minimum absolute atomic E-state index is 0.250. The van der Waals surface area contributed by atoms with Crippen molar-refractivity contribution in [1.29, 1.82) is 0 Å². The summed E-state index contributed by atoms with van der Waals surface area (Å²) in [5.74, 6) is 1.06. The summed E-state index contributed by atoms with van der Waals surface area (Å²) in [4.78, 5) is 0. The molecule has 2 heterocycles. The van der Waals surface area contributed by atoms with Crippen molar-refractivity contribution >= 4 is 15.9 Å². The second-order valence-corrected chi connectivity index (χ2v) is 5.94. The van der Waals surface area contributed by atoms with Crippen molar-refractivity contribution < 1.29 is 4.42 Å². The van der Waals surface area contributed by atoms with Crippen LogP contribution in [0.1, 0.15) is 49.5 Å². The van der Waals surface area contributed by atoms with E-state index in [0.717, 1.165) is 41.7 Å². The fourth-order valence-electron chi connectivity index (χ4n) is 2.72. The van der Waals surface area contributed by atoms with Crippen LogP contribution in [0.3, 0.4) is 0 Å². The van der Waals surface area contributed by atoms with Crippen LogP contribution in [0.5, 0.6) is 0 Å². The van der Waals surface area contributed by atoms with Crippen LogP contribution in [0.15, 0.2) is 21.2 Å². The van der Waals surface area contributed by atoms with Crippen molar-refractivity contribution in [2.75, 3.05) is 6.54 Å². The van der Waals surface area contributed by atoms with Gasteiger partial charge in [-0.3, -0.25) is 4.68 Å². The summed E-state index contributed by atoms with van der Waals surface area (Å²) in [7, 11) is 2.01. The number of hydrogen-bond acceptors (Lipinski definition) is 3. The molecule has 0 fully saturated rings. The average Bonchev–Trinajstić information content (AvgIpc) is 3.05. The molecule has 1 N–H and O–H groups in total. The lowest BCUT2D eigenvalue weighted by molar-refractivity contribution is 0.481. The minimum Gasteiger partial charge on any atom is -0.469 e. The van der Waals surface area contributed by atoms with Gasteiger partial charge in [-0.25, -0.2) is 0 Å².